The molecule has 0 radical (unpaired) electrons. The second-order valence-electron chi connectivity index (χ2n) is 4.03. The zero-order valence-electron chi connectivity index (χ0n) is 11.2. The van der Waals surface area contributed by atoms with Crippen LogP contribution in [0.3, 0.4) is 0 Å². The molecule has 3 N–H and O–H groups in total. The summed E-state index contributed by atoms with van der Waals surface area (Å²) in [5.41, 5.74) is 3.46. The smallest absolute Gasteiger partial charge is 0.145 e. The van der Waals surface area contributed by atoms with Gasteiger partial charge in [0.1, 0.15) is 23.2 Å². The summed E-state index contributed by atoms with van der Waals surface area (Å²) in [4.78, 5) is 10.5. The highest BCUT2D eigenvalue weighted by molar-refractivity contribution is 5.67. The minimum Gasteiger partial charge on any atom is -0.495 e. The zero-order valence-corrected chi connectivity index (χ0v) is 11.2. The van der Waals surface area contributed by atoms with Crippen molar-refractivity contribution in [2.45, 2.75) is 6.92 Å². The largest absolute Gasteiger partial charge is 0.495 e. The average Bonchev–Trinajstić information content (AvgIpc) is 2.45. The number of nitrogens with zero attached hydrogens (tertiary/aromatic N) is 3. The first-order valence-electron chi connectivity index (χ1n) is 5.84. The number of aromatic nitrogens is 2. The van der Waals surface area contributed by atoms with Gasteiger partial charge in [0, 0.05) is 13.1 Å². The van der Waals surface area contributed by atoms with E-state index in [4.69, 9.17) is 10.6 Å². The summed E-state index contributed by atoms with van der Waals surface area (Å²) < 4.78 is 5.35. The summed E-state index contributed by atoms with van der Waals surface area (Å²) in [6.45, 7) is 1.82. The lowest BCUT2D eigenvalue weighted by Gasteiger charge is -2.21. The van der Waals surface area contributed by atoms with Crippen LogP contribution in [0.1, 0.15) is 5.82 Å². The maximum absolute atomic E-state index is 5.40. The molecule has 2 aromatic rings. The maximum atomic E-state index is 5.40. The number of hydrogen-bond acceptors (Lipinski definition) is 6. The van der Waals surface area contributed by atoms with Gasteiger partial charge in [-0.1, -0.05) is 12.1 Å². The summed E-state index contributed by atoms with van der Waals surface area (Å²) >= 11 is 0. The fourth-order valence-corrected chi connectivity index (χ4v) is 1.83. The van der Waals surface area contributed by atoms with Gasteiger partial charge in [-0.05, 0) is 19.1 Å². The van der Waals surface area contributed by atoms with Gasteiger partial charge in [-0.2, -0.15) is 0 Å². The molecule has 0 amide bonds. The van der Waals surface area contributed by atoms with Crippen molar-refractivity contribution in [3.05, 3.63) is 36.2 Å². The van der Waals surface area contributed by atoms with Gasteiger partial charge in [-0.3, -0.25) is 0 Å². The zero-order chi connectivity index (χ0) is 13.8. The van der Waals surface area contributed by atoms with Gasteiger partial charge >= 0.3 is 0 Å². The van der Waals surface area contributed by atoms with Crippen LogP contribution < -0.4 is 20.9 Å². The van der Waals surface area contributed by atoms with E-state index >= 15 is 0 Å². The monoisotopic (exact) mass is 259 g/mol. The molecular weight excluding hydrogens is 242 g/mol. The first-order chi connectivity index (χ1) is 9.15. The summed E-state index contributed by atoms with van der Waals surface area (Å²) in [6, 6.07) is 9.52. The molecule has 0 saturated heterocycles. The number of anilines is 3. The van der Waals surface area contributed by atoms with Gasteiger partial charge in [0.15, 0.2) is 0 Å². The van der Waals surface area contributed by atoms with E-state index in [0.717, 1.165) is 17.3 Å². The number of hydrogen-bond donors (Lipinski definition) is 2. The topological polar surface area (TPSA) is 76.3 Å². The predicted octanol–water partition coefficient (Wildman–Crippen LogP) is 1.85. The number of hydrazine groups is 1. The lowest BCUT2D eigenvalue weighted by molar-refractivity contribution is 0.415. The van der Waals surface area contributed by atoms with E-state index < -0.39 is 0 Å². The Morgan fingerprint density at radius 3 is 2.68 bits per heavy atom. The van der Waals surface area contributed by atoms with Gasteiger partial charge in [-0.25, -0.2) is 15.8 Å². The lowest BCUT2D eigenvalue weighted by atomic mass is 10.2. The van der Waals surface area contributed by atoms with Crippen molar-refractivity contribution in [3.63, 3.8) is 0 Å². The highest BCUT2D eigenvalue weighted by Gasteiger charge is 2.12. The van der Waals surface area contributed by atoms with Gasteiger partial charge in [0.2, 0.25) is 0 Å². The van der Waals surface area contributed by atoms with Crippen LogP contribution in [0.15, 0.2) is 30.3 Å². The number of nitrogen functional groups attached to an aromatic ring is 1. The Morgan fingerprint density at radius 1 is 1.26 bits per heavy atom. The van der Waals surface area contributed by atoms with E-state index in [9.17, 15) is 0 Å². The second kappa shape index (κ2) is 5.53. The van der Waals surface area contributed by atoms with Crippen molar-refractivity contribution in [1.29, 1.82) is 0 Å². The molecule has 0 aliphatic carbocycles. The third-order valence-corrected chi connectivity index (χ3v) is 2.76. The van der Waals surface area contributed by atoms with E-state index in [-0.39, 0.29) is 0 Å². The third kappa shape index (κ3) is 2.74. The molecule has 1 aromatic carbocycles. The number of ether oxygens (including phenoxy) is 1. The molecule has 19 heavy (non-hydrogen) atoms. The Kier molecular flexibility index (Phi) is 3.82. The first kappa shape index (κ1) is 13.1. The Balaban J connectivity index is 2.43. The van der Waals surface area contributed by atoms with Crippen molar-refractivity contribution in [3.8, 4) is 5.75 Å². The number of aryl methyl sites for hydroxylation is 1. The Hall–Kier alpha value is -2.34. The van der Waals surface area contributed by atoms with Crippen LogP contribution in [0.2, 0.25) is 0 Å². The predicted molar refractivity (Wildman–Crippen MR) is 75.6 cm³/mol. The van der Waals surface area contributed by atoms with E-state index in [0.29, 0.717) is 11.6 Å². The molecule has 2 rings (SSSR count). The normalized spacial score (nSPS) is 10.1. The molecule has 0 aliphatic rings. The molecule has 0 atom stereocenters. The number of benzene rings is 1. The van der Waals surface area contributed by atoms with Gasteiger partial charge in [0.05, 0.1) is 12.8 Å². The second-order valence-corrected chi connectivity index (χ2v) is 4.03. The molecule has 1 heterocycles. The minimum absolute atomic E-state index is 0.573. The van der Waals surface area contributed by atoms with Gasteiger partial charge in [0.25, 0.3) is 0 Å². The van der Waals surface area contributed by atoms with E-state index in [2.05, 4.69) is 15.4 Å². The Bertz CT molecular complexity index is 573. The molecular formula is C13H17N5O. The van der Waals surface area contributed by atoms with Crippen LogP contribution in [0.5, 0.6) is 5.75 Å². The molecule has 1 aromatic heterocycles. The molecule has 0 spiro atoms. The van der Waals surface area contributed by atoms with Crippen LogP contribution in [0.25, 0.3) is 0 Å². The van der Waals surface area contributed by atoms with Gasteiger partial charge < -0.3 is 15.1 Å². The summed E-state index contributed by atoms with van der Waals surface area (Å²) in [5.74, 6) is 8.14. The van der Waals surface area contributed by atoms with Crippen molar-refractivity contribution >= 4 is 17.3 Å². The number of para-hydroxylation sites is 2. The highest BCUT2D eigenvalue weighted by atomic mass is 16.5. The Morgan fingerprint density at radius 2 is 2.00 bits per heavy atom. The average molecular weight is 259 g/mol. The molecule has 0 aliphatic heterocycles. The number of rotatable bonds is 4. The van der Waals surface area contributed by atoms with Crippen LogP contribution in [0.4, 0.5) is 17.3 Å². The number of nitrogens with one attached hydrogen (secondary N) is 1. The standard InChI is InChI=1S/C13H17N5O/c1-9-15-12(17-14)8-13(16-9)18(2)10-6-4-5-7-11(10)19-3/h4-8H,14H2,1-3H3,(H,15,16,17). The van der Waals surface area contributed by atoms with Crippen LogP contribution in [-0.4, -0.2) is 24.1 Å². The quantitative estimate of drug-likeness (QED) is 0.644. The molecule has 100 valence electrons. The van der Waals surface area contributed by atoms with Crippen molar-refractivity contribution in [1.82, 2.24) is 9.97 Å². The van der Waals surface area contributed by atoms with Crippen molar-refractivity contribution < 1.29 is 4.74 Å². The van der Waals surface area contributed by atoms with E-state index in [1.807, 2.05) is 43.1 Å². The Labute approximate surface area is 112 Å². The molecule has 0 saturated carbocycles. The molecule has 0 unspecified atom stereocenters. The fraction of sp³-hybridized carbons (Fsp3) is 0.231. The highest BCUT2D eigenvalue weighted by Crippen LogP contribution is 2.31. The number of nitrogens with two attached hydrogens (primary N) is 1. The minimum atomic E-state index is 0.573. The van der Waals surface area contributed by atoms with Gasteiger partial charge in [-0.15, -0.1) is 0 Å². The van der Waals surface area contributed by atoms with E-state index in [1.54, 1.807) is 13.2 Å². The molecule has 6 nitrogen and oxygen atoms in total. The summed E-state index contributed by atoms with van der Waals surface area (Å²) in [7, 11) is 3.56. The third-order valence-electron chi connectivity index (χ3n) is 2.76. The summed E-state index contributed by atoms with van der Waals surface area (Å²) in [5, 5.41) is 0. The first-order valence-corrected chi connectivity index (χ1v) is 5.84. The maximum Gasteiger partial charge on any atom is 0.145 e. The fourth-order valence-electron chi connectivity index (χ4n) is 1.83. The molecule has 0 bridgehead atoms. The SMILES string of the molecule is COc1ccccc1N(C)c1cc(NN)nc(C)n1. The lowest BCUT2D eigenvalue weighted by Crippen LogP contribution is -2.16. The van der Waals surface area contributed by atoms with Crippen molar-refractivity contribution in [2.75, 3.05) is 24.5 Å². The van der Waals surface area contributed by atoms with Crippen LogP contribution in [-0.2, 0) is 0 Å². The van der Waals surface area contributed by atoms with Crippen molar-refractivity contribution in [2.24, 2.45) is 5.84 Å². The molecule has 6 heteroatoms. The number of methoxy groups -OCH3 is 1. The summed E-state index contributed by atoms with van der Waals surface area (Å²) in [6.07, 6.45) is 0. The van der Waals surface area contributed by atoms with Crippen LogP contribution in [0, 0.1) is 6.92 Å². The van der Waals surface area contributed by atoms with E-state index in [1.165, 1.54) is 0 Å². The molecule has 0 fully saturated rings. The van der Waals surface area contributed by atoms with Crippen LogP contribution >= 0.6 is 0 Å².